The number of rotatable bonds is 4. The Morgan fingerprint density at radius 2 is 2.11 bits per heavy atom. The normalized spacial score (nSPS) is 12.7. The minimum atomic E-state index is -0.0663. The van der Waals surface area contributed by atoms with Crippen LogP contribution >= 0.6 is 11.6 Å². The SMILES string of the molecule is COc1ccc(-n2cncc2C(N)C(C)C)cc1Cl. The molecule has 1 heterocycles. The first-order chi connectivity index (χ1) is 9.04. The van der Waals surface area contributed by atoms with Crippen LogP contribution in [0, 0.1) is 5.92 Å². The standard InChI is InChI=1S/C14H18ClN3O/c1-9(2)14(16)12-7-17-8-18(12)10-4-5-13(19-3)11(15)6-10/h4-9,14H,16H2,1-3H3. The molecule has 2 rings (SSSR count). The van der Waals surface area contributed by atoms with Gasteiger partial charge in [-0.05, 0) is 24.1 Å². The van der Waals surface area contributed by atoms with Gasteiger partial charge in [0.1, 0.15) is 5.75 Å². The molecule has 1 aromatic carbocycles. The van der Waals surface area contributed by atoms with Gasteiger partial charge in [0.2, 0.25) is 0 Å². The van der Waals surface area contributed by atoms with E-state index in [-0.39, 0.29) is 6.04 Å². The molecule has 0 spiro atoms. The van der Waals surface area contributed by atoms with Gasteiger partial charge < -0.3 is 15.0 Å². The van der Waals surface area contributed by atoms with Crippen LogP contribution in [0.5, 0.6) is 5.75 Å². The highest BCUT2D eigenvalue weighted by atomic mass is 35.5. The van der Waals surface area contributed by atoms with E-state index in [0.717, 1.165) is 11.4 Å². The molecule has 4 nitrogen and oxygen atoms in total. The molecule has 0 radical (unpaired) electrons. The molecule has 1 atom stereocenters. The number of nitrogens with two attached hydrogens (primary N) is 1. The van der Waals surface area contributed by atoms with Gasteiger partial charge in [-0.3, -0.25) is 0 Å². The molecule has 0 aliphatic rings. The molecule has 1 aromatic heterocycles. The van der Waals surface area contributed by atoms with Crippen molar-refractivity contribution in [1.29, 1.82) is 0 Å². The van der Waals surface area contributed by atoms with Crippen molar-refractivity contribution >= 4 is 11.6 Å². The molecule has 0 amide bonds. The molecule has 0 saturated carbocycles. The van der Waals surface area contributed by atoms with Crippen LogP contribution in [0.1, 0.15) is 25.6 Å². The first-order valence-electron chi connectivity index (χ1n) is 6.16. The van der Waals surface area contributed by atoms with Crippen molar-refractivity contribution in [2.45, 2.75) is 19.9 Å². The lowest BCUT2D eigenvalue weighted by Crippen LogP contribution is -2.19. The zero-order valence-corrected chi connectivity index (χ0v) is 12.1. The van der Waals surface area contributed by atoms with Gasteiger partial charge in [0.05, 0.1) is 30.4 Å². The summed E-state index contributed by atoms with van der Waals surface area (Å²) >= 11 is 6.15. The van der Waals surface area contributed by atoms with Crippen molar-refractivity contribution in [3.63, 3.8) is 0 Å². The minimum Gasteiger partial charge on any atom is -0.495 e. The average Bonchev–Trinajstić information content (AvgIpc) is 2.86. The third-order valence-electron chi connectivity index (χ3n) is 3.14. The number of imidazole rings is 1. The third kappa shape index (κ3) is 2.74. The van der Waals surface area contributed by atoms with E-state index in [4.69, 9.17) is 22.1 Å². The van der Waals surface area contributed by atoms with E-state index < -0.39 is 0 Å². The number of methoxy groups -OCH3 is 1. The van der Waals surface area contributed by atoms with E-state index in [2.05, 4.69) is 18.8 Å². The van der Waals surface area contributed by atoms with E-state index in [1.165, 1.54) is 0 Å². The first-order valence-corrected chi connectivity index (χ1v) is 6.54. The van der Waals surface area contributed by atoms with Crippen molar-refractivity contribution in [2.75, 3.05) is 7.11 Å². The van der Waals surface area contributed by atoms with E-state index >= 15 is 0 Å². The van der Waals surface area contributed by atoms with Crippen LogP contribution in [0.3, 0.4) is 0 Å². The summed E-state index contributed by atoms with van der Waals surface area (Å²) in [5, 5.41) is 0.567. The van der Waals surface area contributed by atoms with Gasteiger partial charge in [-0.1, -0.05) is 25.4 Å². The maximum Gasteiger partial charge on any atom is 0.137 e. The fourth-order valence-electron chi connectivity index (χ4n) is 1.91. The summed E-state index contributed by atoms with van der Waals surface area (Å²) in [6.07, 6.45) is 3.54. The summed E-state index contributed by atoms with van der Waals surface area (Å²) in [5.41, 5.74) is 8.09. The molecule has 102 valence electrons. The Morgan fingerprint density at radius 1 is 1.37 bits per heavy atom. The highest BCUT2D eigenvalue weighted by molar-refractivity contribution is 6.32. The van der Waals surface area contributed by atoms with Crippen molar-refractivity contribution in [3.05, 3.63) is 41.4 Å². The average molecular weight is 280 g/mol. The van der Waals surface area contributed by atoms with Gasteiger partial charge in [-0.25, -0.2) is 4.98 Å². The smallest absolute Gasteiger partial charge is 0.137 e. The van der Waals surface area contributed by atoms with Gasteiger partial charge in [0.25, 0.3) is 0 Å². The van der Waals surface area contributed by atoms with Gasteiger partial charge >= 0.3 is 0 Å². The zero-order valence-electron chi connectivity index (χ0n) is 11.3. The number of hydrogen-bond donors (Lipinski definition) is 1. The Morgan fingerprint density at radius 3 is 2.68 bits per heavy atom. The number of hydrogen-bond acceptors (Lipinski definition) is 3. The van der Waals surface area contributed by atoms with Crippen molar-refractivity contribution in [3.8, 4) is 11.4 Å². The predicted octanol–water partition coefficient (Wildman–Crippen LogP) is 3.19. The van der Waals surface area contributed by atoms with Crippen LogP contribution in [0.25, 0.3) is 5.69 Å². The third-order valence-corrected chi connectivity index (χ3v) is 3.44. The Bertz CT molecular complexity index is 566. The Labute approximate surface area is 118 Å². The molecule has 0 aliphatic heterocycles. The van der Waals surface area contributed by atoms with Crippen LogP contribution in [-0.2, 0) is 0 Å². The lowest BCUT2D eigenvalue weighted by Gasteiger charge is -2.18. The van der Waals surface area contributed by atoms with Crippen LogP contribution in [0.15, 0.2) is 30.7 Å². The number of aromatic nitrogens is 2. The van der Waals surface area contributed by atoms with Gasteiger partial charge in [-0.2, -0.15) is 0 Å². The number of nitrogens with zero attached hydrogens (tertiary/aromatic N) is 2. The van der Waals surface area contributed by atoms with Crippen molar-refractivity contribution < 1.29 is 4.74 Å². The van der Waals surface area contributed by atoms with Crippen LogP contribution in [-0.4, -0.2) is 16.7 Å². The van der Waals surface area contributed by atoms with Crippen molar-refractivity contribution in [1.82, 2.24) is 9.55 Å². The molecule has 0 bridgehead atoms. The highest BCUT2D eigenvalue weighted by Gasteiger charge is 2.16. The lowest BCUT2D eigenvalue weighted by atomic mass is 10.0. The van der Waals surface area contributed by atoms with E-state index in [1.807, 2.05) is 22.8 Å². The quantitative estimate of drug-likeness (QED) is 0.935. The summed E-state index contributed by atoms with van der Waals surface area (Å²) in [4.78, 5) is 4.18. The molecule has 2 aromatic rings. The molecule has 19 heavy (non-hydrogen) atoms. The summed E-state index contributed by atoms with van der Waals surface area (Å²) in [5.74, 6) is 0.990. The predicted molar refractivity (Wildman–Crippen MR) is 76.9 cm³/mol. The fourth-order valence-corrected chi connectivity index (χ4v) is 2.17. The Kier molecular flexibility index (Phi) is 4.12. The number of halogens is 1. The largest absolute Gasteiger partial charge is 0.495 e. The van der Waals surface area contributed by atoms with Crippen LogP contribution in [0.2, 0.25) is 5.02 Å². The summed E-state index contributed by atoms with van der Waals surface area (Å²) in [6, 6.07) is 5.55. The molecule has 0 saturated heterocycles. The van der Waals surface area contributed by atoms with Crippen molar-refractivity contribution in [2.24, 2.45) is 11.7 Å². The molecular weight excluding hydrogens is 262 g/mol. The van der Waals surface area contributed by atoms with Gasteiger partial charge in [0, 0.05) is 11.7 Å². The maximum atomic E-state index is 6.20. The molecule has 0 fully saturated rings. The minimum absolute atomic E-state index is 0.0663. The van der Waals surface area contributed by atoms with Gasteiger partial charge in [0.15, 0.2) is 0 Å². The monoisotopic (exact) mass is 279 g/mol. The second-order valence-corrected chi connectivity index (χ2v) is 5.18. The molecule has 5 heteroatoms. The summed E-state index contributed by atoms with van der Waals surface area (Å²) in [7, 11) is 1.60. The highest BCUT2D eigenvalue weighted by Crippen LogP contribution is 2.28. The molecular formula is C14H18ClN3O. The number of ether oxygens (including phenoxy) is 1. The topological polar surface area (TPSA) is 53.1 Å². The zero-order chi connectivity index (χ0) is 14.0. The summed E-state index contributed by atoms with van der Waals surface area (Å²) < 4.78 is 7.11. The van der Waals surface area contributed by atoms with Crippen LogP contribution < -0.4 is 10.5 Å². The lowest BCUT2D eigenvalue weighted by molar-refractivity contribution is 0.415. The molecule has 1 unspecified atom stereocenters. The van der Waals surface area contributed by atoms with Crippen LogP contribution in [0.4, 0.5) is 0 Å². The second kappa shape index (κ2) is 5.63. The van der Waals surface area contributed by atoms with Gasteiger partial charge in [-0.15, -0.1) is 0 Å². The first kappa shape index (κ1) is 13.9. The van der Waals surface area contributed by atoms with E-state index in [0.29, 0.717) is 16.7 Å². The molecule has 2 N–H and O–H groups in total. The molecule has 0 aliphatic carbocycles. The Balaban J connectivity index is 2.43. The van der Waals surface area contributed by atoms with E-state index in [9.17, 15) is 0 Å². The fraction of sp³-hybridized carbons (Fsp3) is 0.357. The number of benzene rings is 1. The van der Waals surface area contributed by atoms with E-state index in [1.54, 1.807) is 19.6 Å². The Hall–Kier alpha value is -1.52. The maximum absolute atomic E-state index is 6.20. The summed E-state index contributed by atoms with van der Waals surface area (Å²) in [6.45, 7) is 4.17. The second-order valence-electron chi connectivity index (χ2n) is 4.78.